The Labute approximate surface area is 105 Å². The summed E-state index contributed by atoms with van der Waals surface area (Å²) in [6.45, 7) is 6.08. The summed E-state index contributed by atoms with van der Waals surface area (Å²) in [4.78, 5) is 14.9. The molecule has 0 saturated heterocycles. The third kappa shape index (κ3) is 2.74. The molecule has 1 heterocycles. The molecule has 0 fully saturated rings. The zero-order valence-corrected chi connectivity index (χ0v) is 10.7. The number of aromatic amines is 1. The lowest BCUT2D eigenvalue weighted by Gasteiger charge is -2.09. The summed E-state index contributed by atoms with van der Waals surface area (Å²) in [7, 11) is 0. The van der Waals surface area contributed by atoms with Crippen molar-refractivity contribution in [1.82, 2.24) is 15.2 Å². The van der Waals surface area contributed by atoms with Crippen LogP contribution in [-0.2, 0) is 0 Å². The second kappa shape index (κ2) is 5.00. The van der Waals surface area contributed by atoms with Crippen molar-refractivity contribution in [1.29, 1.82) is 0 Å². The molecule has 2 N–H and O–H groups in total. The van der Waals surface area contributed by atoms with Crippen LogP contribution in [0.15, 0.2) is 29.1 Å². The molecule has 0 spiro atoms. The molecular weight excluding hydrogens is 228 g/mol. The monoisotopic (exact) mass is 244 g/mol. The standard InChI is InChI=1S/C13H16N4O/c1-8(2)10-4-6-11(7-5-10)14-12-9(3)16-17-13(18)15-12/h4-8H,1-3H3,(H2,14,15,17,18). The minimum absolute atomic E-state index is 0.457. The molecule has 0 amide bonds. The van der Waals surface area contributed by atoms with Crippen molar-refractivity contribution < 1.29 is 0 Å². The molecule has 2 rings (SSSR count). The van der Waals surface area contributed by atoms with Crippen LogP contribution >= 0.6 is 0 Å². The Hall–Kier alpha value is -2.17. The van der Waals surface area contributed by atoms with E-state index in [2.05, 4.69) is 46.5 Å². The average molecular weight is 244 g/mol. The van der Waals surface area contributed by atoms with Crippen molar-refractivity contribution in [2.75, 3.05) is 5.32 Å². The summed E-state index contributed by atoms with van der Waals surface area (Å²) >= 11 is 0. The lowest BCUT2D eigenvalue weighted by Crippen LogP contribution is -2.15. The highest BCUT2D eigenvalue weighted by atomic mass is 16.1. The van der Waals surface area contributed by atoms with Crippen LogP contribution in [0.2, 0.25) is 0 Å². The third-order valence-electron chi connectivity index (χ3n) is 2.72. The van der Waals surface area contributed by atoms with Gasteiger partial charge in [0.05, 0.1) is 0 Å². The number of aromatic nitrogens is 3. The van der Waals surface area contributed by atoms with Crippen LogP contribution in [0.5, 0.6) is 0 Å². The van der Waals surface area contributed by atoms with Crippen LogP contribution in [0, 0.1) is 6.92 Å². The van der Waals surface area contributed by atoms with Gasteiger partial charge in [-0.15, -0.1) is 0 Å². The predicted molar refractivity (Wildman–Crippen MR) is 71.2 cm³/mol. The van der Waals surface area contributed by atoms with Crippen molar-refractivity contribution in [3.05, 3.63) is 46.0 Å². The van der Waals surface area contributed by atoms with Gasteiger partial charge < -0.3 is 5.32 Å². The molecule has 5 nitrogen and oxygen atoms in total. The summed E-state index contributed by atoms with van der Waals surface area (Å²) in [6.07, 6.45) is 0. The number of nitrogens with one attached hydrogen (secondary N) is 2. The molecule has 0 aliphatic rings. The Morgan fingerprint density at radius 1 is 1.22 bits per heavy atom. The zero-order chi connectivity index (χ0) is 13.1. The van der Waals surface area contributed by atoms with E-state index in [9.17, 15) is 4.79 Å². The van der Waals surface area contributed by atoms with E-state index in [1.165, 1.54) is 5.56 Å². The van der Waals surface area contributed by atoms with Crippen LogP contribution in [0.3, 0.4) is 0 Å². The second-order valence-corrected chi connectivity index (χ2v) is 4.48. The van der Waals surface area contributed by atoms with Crippen LogP contribution < -0.4 is 11.0 Å². The molecule has 18 heavy (non-hydrogen) atoms. The van der Waals surface area contributed by atoms with Crippen molar-refractivity contribution in [2.24, 2.45) is 0 Å². The van der Waals surface area contributed by atoms with Crippen LogP contribution in [0.1, 0.15) is 31.0 Å². The van der Waals surface area contributed by atoms with E-state index in [1.54, 1.807) is 6.92 Å². The number of hydrogen-bond acceptors (Lipinski definition) is 4. The Kier molecular flexibility index (Phi) is 3.41. The Bertz CT molecular complexity index is 587. The lowest BCUT2D eigenvalue weighted by molar-refractivity contribution is 0.866. The van der Waals surface area contributed by atoms with E-state index >= 15 is 0 Å². The van der Waals surface area contributed by atoms with E-state index in [-0.39, 0.29) is 0 Å². The maximum absolute atomic E-state index is 11.1. The molecule has 0 aliphatic carbocycles. The van der Waals surface area contributed by atoms with Gasteiger partial charge in [-0.25, -0.2) is 9.89 Å². The SMILES string of the molecule is Cc1n[nH]c(=O)nc1Nc1ccc(C(C)C)cc1. The fourth-order valence-electron chi connectivity index (χ4n) is 1.60. The number of rotatable bonds is 3. The number of benzene rings is 1. The molecule has 0 aliphatic heterocycles. The fraction of sp³-hybridized carbons (Fsp3) is 0.308. The summed E-state index contributed by atoms with van der Waals surface area (Å²) in [5.74, 6) is 0.983. The molecule has 0 saturated carbocycles. The topological polar surface area (TPSA) is 70.7 Å². The molecule has 2 aromatic rings. The highest BCUT2D eigenvalue weighted by molar-refractivity contribution is 5.57. The molecule has 0 unspecified atom stereocenters. The summed E-state index contributed by atoms with van der Waals surface area (Å²) in [6, 6.07) is 8.06. The van der Waals surface area contributed by atoms with E-state index in [0.717, 1.165) is 5.69 Å². The molecular formula is C13H16N4O. The highest BCUT2D eigenvalue weighted by Crippen LogP contribution is 2.19. The smallest absolute Gasteiger partial charge is 0.338 e. The molecule has 94 valence electrons. The van der Waals surface area contributed by atoms with Gasteiger partial charge in [-0.05, 0) is 30.5 Å². The first-order valence-electron chi connectivity index (χ1n) is 5.86. The van der Waals surface area contributed by atoms with Gasteiger partial charge in [-0.2, -0.15) is 10.1 Å². The zero-order valence-electron chi connectivity index (χ0n) is 10.7. The van der Waals surface area contributed by atoms with E-state index < -0.39 is 5.69 Å². The van der Waals surface area contributed by atoms with Gasteiger partial charge in [0.2, 0.25) is 0 Å². The number of hydrogen-bond donors (Lipinski definition) is 2. The number of nitrogens with zero attached hydrogens (tertiary/aromatic N) is 2. The molecule has 5 heteroatoms. The van der Waals surface area contributed by atoms with Crippen LogP contribution in [-0.4, -0.2) is 15.2 Å². The molecule has 1 aromatic carbocycles. The van der Waals surface area contributed by atoms with Crippen molar-refractivity contribution >= 4 is 11.5 Å². The molecule has 0 radical (unpaired) electrons. The van der Waals surface area contributed by atoms with Crippen molar-refractivity contribution in [3.8, 4) is 0 Å². The van der Waals surface area contributed by atoms with Gasteiger partial charge >= 0.3 is 5.69 Å². The van der Waals surface area contributed by atoms with E-state index in [0.29, 0.717) is 17.4 Å². The maximum atomic E-state index is 11.1. The van der Waals surface area contributed by atoms with Crippen LogP contribution in [0.4, 0.5) is 11.5 Å². The minimum Gasteiger partial charge on any atom is -0.338 e. The van der Waals surface area contributed by atoms with Gasteiger partial charge in [0.25, 0.3) is 0 Å². The third-order valence-corrected chi connectivity index (χ3v) is 2.72. The fourth-order valence-corrected chi connectivity index (χ4v) is 1.60. The van der Waals surface area contributed by atoms with Crippen molar-refractivity contribution in [3.63, 3.8) is 0 Å². The van der Waals surface area contributed by atoms with Crippen LogP contribution in [0.25, 0.3) is 0 Å². The van der Waals surface area contributed by atoms with Gasteiger partial charge in [0, 0.05) is 5.69 Å². The second-order valence-electron chi connectivity index (χ2n) is 4.48. The first-order valence-corrected chi connectivity index (χ1v) is 5.86. The Morgan fingerprint density at radius 2 is 1.89 bits per heavy atom. The quantitative estimate of drug-likeness (QED) is 0.869. The van der Waals surface area contributed by atoms with Gasteiger partial charge in [-0.3, -0.25) is 0 Å². The predicted octanol–water partition coefficient (Wildman–Crippen LogP) is 2.34. The first-order chi connectivity index (χ1) is 8.56. The number of anilines is 2. The molecule has 1 aromatic heterocycles. The first kappa shape index (κ1) is 12.3. The van der Waals surface area contributed by atoms with E-state index in [1.807, 2.05) is 12.1 Å². The summed E-state index contributed by atoms with van der Waals surface area (Å²) in [5.41, 5.74) is 2.36. The largest absolute Gasteiger partial charge is 0.363 e. The van der Waals surface area contributed by atoms with Gasteiger partial charge in [-0.1, -0.05) is 26.0 Å². The molecule has 0 atom stereocenters. The van der Waals surface area contributed by atoms with E-state index in [4.69, 9.17) is 0 Å². The molecule has 0 bridgehead atoms. The summed E-state index contributed by atoms with van der Waals surface area (Å²) < 4.78 is 0. The summed E-state index contributed by atoms with van der Waals surface area (Å²) in [5, 5.41) is 9.24. The number of aryl methyl sites for hydroxylation is 1. The van der Waals surface area contributed by atoms with Gasteiger partial charge in [0.1, 0.15) is 5.69 Å². The van der Waals surface area contributed by atoms with Gasteiger partial charge in [0.15, 0.2) is 5.82 Å². The lowest BCUT2D eigenvalue weighted by atomic mass is 10.0. The average Bonchev–Trinajstić information content (AvgIpc) is 2.34. The minimum atomic E-state index is -0.457. The Balaban J connectivity index is 2.23. The Morgan fingerprint density at radius 3 is 2.50 bits per heavy atom. The van der Waals surface area contributed by atoms with Crippen molar-refractivity contribution in [2.45, 2.75) is 26.7 Å². The number of H-pyrrole nitrogens is 1. The highest BCUT2D eigenvalue weighted by Gasteiger charge is 2.04. The maximum Gasteiger partial charge on any atom is 0.363 e. The normalized spacial score (nSPS) is 10.7.